The first kappa shape index (κ1) is 28.6. The van der Waals surface area contributed by atoms with Crippen molar-refractivity contribution >= 4 is 23.6 Å². The van der Waals surface area contributed by atoms with E-state index in [1.54, 1.807) is 7.11 Å². The Hall–Kier alpha value is -3.68. The van der Waals surface area contributed by atoms with E-state index < -0.39 is 29.6 Å². The molecule has 0 heterocycles. The fourth-order valence-electron chi connectivity index (χ4n) is 3.51. The van der Waals surface area contributed by atoms with Crippen molar-refractivity contribution in [2.24, 2.45) is 0 Å². The van der Waals surface area contributed by atoms with Gasteiger partial charge in [-0.25, -0.2) is 0 Å². The van der Waals surface area contributed by atoms with Gasteiger partial charge in [0.1, 0.15) is 24.9 Å². The molecule has 1 atom stereocenters. The van der Waals surface area contributed by atoms with Gasteiger partial charge in [-0.1, -0.05) is 62.2 Å². The quantitative estimate of drug-likeness (QED) is 0.209. The highest BCUT2D eigenvalue weighted by Gasteiger charge is 2.24. The van der Waals surface area contributed by atoms with E-state index in [4.69, 9.17) is 9.47 Å². The molecule has 194 valence electrons. The Bertz CT molecular complexity index is 975. The van der Waals surface area contributed by atoms with E-state index in [1.807, 2.05) is 61.5 Å². The molecule has 2 aromatic rings. The number of unbranched alkanes of at least 4 members (excludes halogenated alkanes) is 2. The number of ether oxygens (including phenoxy) is 2. The molecule has 0 spiro atoms. The zero-order valence-corrected chi connectivity index (χ0v) is 21.1. The van der Waals surface area contributed by atoms with Crippen LogP contribution < -0.4 is 15.4 Å². The summed E-state index contributed by atoms with van der Waals surface area (Å²) in [5, 5.41) is 5.04. The summed E-state index contributed by atoms with van der Waals surface area (Å²) in [6.07, 6.45) is 4.10. The van der Waals surface area contributed by atoms with Crippen LogP contribution in [0.1, 0.15) is 56.6 Å². The van der Waals surface area contributed by atoms with Crippen LogP contribution in [0.3, 0.4) is 0 Å². The molecule has 0 unspecified atom stereocenters. The molecule has 8 nitrogen and oxygen atoms in total. The number of nitrogens with one attached hydrogen (secondary N) is 2. The molecular formula is C28H36N2O6. The average molecular weight is 497 g/mol. The number of benzene rings is 2. The summed E-state index contributed by atoms with van der Waals surface area (Å²) in [4.78, 5) is 49.3. The van der Waals surface area contributed by atoms with Crippen molar-refractivity contribution in [3.8, 4) is 5.75 Å². The van der Waals surface area contributed by atoms with Gasteiger partial charge in [0.05, 0.1) is 7.11 Å². The van der Waals surface area contributed by atoms with Crippen LogP contribution in [0.25, 0.3) is 0 Å². The molecule has 0 radical (unpaired) electrons. The van der Waals surface area contributed by atoms with Crippen LogP contribution in [-0.4, -0.2) is 43.3 Å². The van der Waals surface area contributed by atoms with Gasteiger partial charge in [0.2, 0.25) is 11.7 Å². The van der Waals surface area contributed by atoms with Gasteiger partial charge in [0.25, 0.3) is 5.91 Å². The summed E-state index contributed by atoms with van der Waals surface area (Å²) in [5.74, 6) is -1.64. The number of hydrogen-bond donors (Lipinski definition) is 2. The molecule has 0 saturated heterocycles. The monoisotopic (exact) mass is 496 g/mol. The first-order valence-corrected chi connectivity index (χ1v) is 12.4. The molecule has 2 aromatic carbocycles. The summed E-state index contributed by atoms with van der Waals surface area (Å²) in [7, 11) is 1.61. The number of hydrogen-bond acceptors (Lipinski definition) is 6. The molecule has 36 heavy (non-hydrogen) atoms. The normalized spacial score (nSPS) is 11.3. The number of aryl methyl sites for hydroxylation is 1. The van der Waals surface area contributed by atoms with Crippen LogP contribution in [-0.2, 0) is 36.9 Å². The van der Waals surface area contributed by atoms with Crippen LogP contribution >= 0.6 is 0 Å². The van der Waals surface area contributed by atoms with E-state index in [0.29, 0.717) is 19.3 Å². The van der Waals surface area contributed by atoms with Crippen LogP contribution in [0, 0.1) is 0 Å². The van der Waals surface area contributed by atoms with Crippen molar-refractivity contribution in [2.45, 2.75) is 64.5 Å². The van der Waals surface area contributed by atoms with Crippen molar-refractivity contribution in [3.05, 3.63) is 65.7 Å². The third-order valence-electron chi connectivity index (χ3n) is 5.65. The number of ketones is 1. The lowest BCUT2D eigenvalue weighted by atomic mass is 10.0. The Morgan fingerprint density at radius 1 is 0.889 bits per heavy atom. The molecule has 0 bridgehead atoms. The van der Waals surface area contributed by atoms with E-state index in [0.717, 1.165) is 36.1 Å². The number of carbonyl (C=O) groups excluding carboxylic acids is 4. The summed E-state index contributed by atoms with van der Waals surface area (Å²) in [6.45, 7) is 1.76. The summed E-state index contributed by atoms with van der Waals surface area (Å²) in [6, 6.07) is 16.0. The molecule has 2 amide bonds. The zero-order chi connectivity index (χ0) is 26.2. The molecule has 8 heteroatoms. The molecule has 2 N–H and O–H groups in total. The average Bonchev–Trinajstić information content (AvgIpc) is 2.91. The van der Waals surface area contributed by atoms with Gasteiger partial charge < -0.3 is 20.1 Å². The number of methoxy groups -OCH3 is 1. The van der Waals surface area contributed by atoms with Crippen LogP contribution in [0.5, 0.6) is 5.75 Å². The van der Waals surface area contributed by atoms with Crippen molar-refractivity contribution in [1.29, 1.82) is 0 Å². The smallest absolute Gasteiger partial charge is 0.325 e. The maximum atomic E-state index is 12.6. The van der Waals surface area contributed by atoms with E-state index in [9.17, 15) is 19.2 Å². The lowest BCUT2D eigenvalue weighted by Gasteiger charge is -2.17. The van der Waals surface area contributed by atoms with Gasteiger partial charge in [-0.3, -0.25) is 19.2 Å². The molecule has 0 aliphatic rings. The molecule has 0 aromatic heterocycles. The maximum Gasteiger partial charge on any atom is 0.325 e. The largest absolute Gasteiger partial charge is 0.497 e. The topological polar surface area (TPSA) is 111 Å². The molecule has 2 rings (SSSR count). The first-order chi connectivity index (χ1) is 17.4. The molecule has 0 aliphatic heterocycles. The zero-order valence-electron chi connectivity index (χ0n) is 21.1. The molecule has 0 aliphatic carbocycles. The predicted octanol–water partition coefficient (Wildman–Crippen LogP) is 3.51. The lowest BCUT2D eigenvalue weighted by Crippen LogP contribution is -2.49. The fraction of sp³-hybridized carbons (Fsp3) is 0.429. The van der Waals surface area contributed by atoms with E-state index >= 15 is 0 Å². The highest BCUT2D eigenvalue weighted by Crippen LogP contribution is 2.14. The Morgan fingerprint density at radius 2 is 1.61 bits per heavy atom. The second-order valence-electron chi connectivity index (χ2n) is 8.51. The van der Waals surface area contributed by atoms with Gasteiger partial charge in [-0.2, -0.15) is 0 Å². The van der Waals surface area contributed by atoms with Crippen LogP contribution in [0.2, 0.25) is 0 Å². The Morgan fingerprint density at radius 3 is 2.28 bits per heavy atom. The number of carbonyl (C=O) groups is 4. The first-order valence-electron chi connectivity index (χ1n) is 12.4. The summed E-state index contributed by atoms with van der Waals surface area (Å²) < 4.78 is 10.3. The van der Waals surface area contributed by atoms with Gasteiger partial charge >= 0.3 is 5.97 Å². The van der Waals surface area contributed by atoms with Crippen molar-refractivity contribution < 1.29 is 28.7 Å². The predicted molar refractivity (Wildman–Crippen MR) is 136 cm³/mol. The molecule has 0 saturated carbocycles. The lowest BCUT2D eigenvalue weighted by molar-refractivity contribution is -0.145. The van der Waals surface area contributed by atoms with E-state index in [-0.39, 0.29) is 19.6 Å². The van der Waals surface area contributed by atoms with Crippen LogP contribution in [0.15, 0.2) is 54.6 Å². The number of amides is 2. The molecule has 0 fully saturated rings. The summed E-state index contributed by atoms with van der Waals surface area (Å²) in [5.41, 5.74) is 1.97. The second kappa shape index (κ2) is 16.1. The third kappa shape index (κ3) is 10.7. The van der Waals surface area contributed by atoms with Gasteiger partial charge in [0.15, 0.2) is 0 Å². The van der Waals surface area contributed by atoms with Gasteiger partial charge in [0, 0.05) is 6.42 Å². The van der Waals surface area contributed by atoms with E-state index in [1.165, 1.54) is 0 Å². The second-order valence-corrected chi connectivity index (χ2v) is 8.51. The minimum atomic E-state index is -0.886. The number of Topliss-reactive ketones (excluding diaryl/α,β-unsaturated/α-hetero) is 1. The maximum absolute atomic E-state index is 12.6. The highest BCUT2D eigenvalue weighted by atomic mass is 16.5. The minimum absolute atomic E-state index is 0.107. The van der Waals surface area contributed by atoms with Gasteiger partial charge in [-0.15, -0.1) is 0 Å². The fourth-order valence-corrected chi connectivity index (χ4v) is 3.51. The van der Waals surface area contributed by atoms with Crippen molar-refractivity contribution in [1.82, 2.24) is 10.6 Å². The number of rotatable bonds is 16. The standard InChI is InChI=1S/C28H36N2O6/c1-3-4-13-24(27(33)29-19-26(32)36-20-22-11-6-5-7-12-22)30-28(34)25(31)14-9-8-10-21-15-17-23(35-2)18-16-21/h5-7,11-12,15-18,24H,3-4,8-10,13-14,19-20H2,1-2H3,(H,29,33)(H,30,34)/t24-/m0/s1. The number of esters is 1. The minimum Gasteiger partial charge on any atom is -0.497 e. The van der Waals surface area contributed by atoms with Crippen molar-refractivity contribution in [2.75, 3.05) is 13.7 Å². The molecular weight excluding hydrogens is 460 g/mol. The third-order valence-corrected chi connectivity index (χ3v) is 5.65. The van der Waals surface area contributed by atoms with E-state index in [2.05, 4.69) is 10.6 Å². The van der Waals surface area contributed by atoms with Crippen LogP contribution in [0.4, 0.5) is 0 Å². The van der Waals surface area contributed by atoms with Crippen molar-refractivity contribution in [3.63, 3.8) is 0 Å². The Balaban J connectivity index is 1.74. The summed E-state index contributed by atoms with van der Waals surface area (Å²) >= 11 is 0. The Kier molecular flexibility index (Phi) is 12.8. The highest BCUT2D eigenvalue weighted by molar-refractivity contribution is 6.36. The van der Waals surface area contributed by atoms with Gasteiger partial charge in [-0.05, 0) is 48.9 Å². The SMILES string of the molecule is CCCC[C@H](NC(=O)C(=O)CCCCc1ccc(OC)cc1)C(=O)NCC(=O)OCc1ccccc1. The Labute approximate surface area is 212 Å².